The summed E-state index contributed by atoms with van der Waals surface area (Å²) >= 11 is 1.64. The molecular weight excluding hydrogens is 361 g/mol. The van der Waals surface area contributed by atoms with Gasteiger partial charge in [0.05, 0.1) is 18.9 Å². The Kier molecular flexibility index (Phi) is 6.05. The smallest absolute Gasteiger partial charge is 0.182 e. The van der Waals surface area contributed by atoms with Crippen LogP contribution in [0.15, 0.2) is 29.6 Å². The first-order valence-corrected chi connectivity index (χ1v) is 10.9. The molecule has 0 atom stereocenters. The summed E-state index contributed by atoms with van der Waals surface area (Å²) in [5.41, 5.74) is 1.59. The Hall–Kier alpha value is -1.50. The molecule has 146 valence electrons. The fourth-order valence-electron chi connectivity index (χ4n) is 4.39. The van der Waals surface area contributed by atoms with Gasteiger partial charge in [0.25, 0.3) is 0 Å². The highest BCUT2D eigenvalue weighted by atomic mass is 32.1. The Morgan fingerprint density at radius 2 is 1.96 bits per heavy atom. The lowest BCUT2D eigenvalue weighted by Crippen LogP contribution is -2.37. The van der Waals surface area contributed by atoms with Crippen molar-refractivity contribution in [3.63, 3.8) is 0 Å². The molecule has 6 heteroatoms. The van der Waals surface area contributed by atoms with Gasteiger partial charge in [0.2, 0.25) is 0 Å². The molecule has 1 aromatic carbocycles. The molecule has 0 amide bonds. The van der Waals surface area contributed by atoms with E-state index in [1.54, 1.807) is 23.5 Å². The maximum absolute atomic E-state index is 14.6. The van der Waals surface area contributed by atoms with Crippen LogP contribution >= 0.6 is 11.3 Å². The Balaban J connectivity index is 1.39. The molecule has 27 heavy (non-hydrogen) atoms. The number of hydrogen-bond donors (Lipinski definition) is 1. The van der Waals surface area contributed by atoms with E-state index in [1.807, 2.05) is 12.1 Å². The van der Waals surface area contributed by atoms with Crippen molar-refractivity contribution in [2.45, 2.75) is 37.5 Å². The number of nitrogens with zero attached hydrogens (tertiary/aromatic N) is 2. The Morgan fingerprint density at radius 1 is 1.19 bits per heavy atom. The molecule has 1 aromatic heterocycles. The van der Waals surface area contributed by atoms with Crippen molar-refractivity contribution in [3.8, 4) is 0 Å². The molecule has 1 aliphatic carbocycles. The van der Waals surface area contributed by atoms with Crippen LogP contribution in [0.4, 0.5) is 9.52 Å². The van der Waals surface area contributed by atoms with Crippen molar-refractivity contribution in [1.29, 1.82) is 0 Å². The molecule has 4 nitrogen and oxygen atoms in total. The first-order chi connectivity index (χ1) is 13.3. The molecule has 2 aliphatic rings. The van der Waals surface area contributed by atoms with Crippen LogP contribution < -0.4 is 5.32 Å². The van der Waals surface area contributed by atoms with Gasteiger partial charge >= 0.3 is 0 Å². The summed E-state index contributed by atoms with van der Waals surface area (Å²) < 4.78 is 19.9. The molecule has 4 rings (SSSR count). The summed E-state index contributed by atoms with van der Waals surface area (Å²) in [6, 6.07) is 7.22. The average Bonchev–Trinajstić information content (AvgIpc) is 3.37. The largest absolute Gasteiger partial charge is 0.379 e. The zero-order valence-corrected chi connectivity index (χ0v) is 16.6. The molecule has 1 saturated heterocycles. The van der Waals surface area contributed by atoms with E-state index in [-0.39, 0.29) is 11.2 Å². The number of rotatable bonds is 7. The third kappa shape index (κ3) is 4.18. The number of anilines is 1. The van der Waals surface area contributed by atoms with Gasteiger partial charge in [-0.15, -0.1) is 11.3 Å². The number of benzene rings is 1. The molecule has 0 radical (unpaired) electrons. The second-order valence-electron chi connectivity index (χ2n) is 7.54. The highest BCUT2D eigenvalue weighted by Crippen LogP contribution is 2.47. The van der Waals surface area contributed by atoms with Crippen LogP contribution in [0.2, 0.25) is 0 Å². The minimum Gasteiger partial charge on any atom is -0.379 e. The van der Waals surface area contributed by atoms with Crippen molar-refractivity contribution < 1.29 is 9.13 Å². The standard InChI is InChI=1S/C21H28FN3OS/c22-18-7-2-1-6-17(18)21(8-3-4-9-21)19-16-27-20(24-19)23-10-5-11-25-12-14-26-15-13-25/h1-2,6-7,16H,3-5,8-15H2,(H,23,24). The Labute approximate surface area is 164 Å². The number of thiazole rings is 1. The van der Waals surface area contributed by atoms with Gasteiger partial charge in [-0.1, -0.05) is 31.0 Å². The SMILES string of the molecule is Fc1ccccc1C1(c2csc(NCCCN3CCOCC3)n2)CCCC1. The van der Waals surface area contributed by atoms with E-state index in [0.717, 1.165) is 87.9 Å². The second-order valence-corrected chi connectivity index (χ2v) is 8.40. The summed E-state index contributed by atoms with van der Waals surface area (Å²) in [7, 11) is 0. The lowest BCUT2D eigenvalue weighted by molar-refractivity contribution is 0.0378. The summed E-state index contributed by atoms with van der Waals surface area (Å²) in [6.45, 7) is 5.77. The number of nitrogens with one attached hydrogen (secondary N) is 1. The summed E-state index contributed by atoms with van der Waals surface area (Å²) in [6.07, 6.45) is 5.32. The van der Waals surface area contributed by atoms with E-state index in [2.05, 4.69) is 15.6 Å². The molecular formula is C21H28FN3OS. The van der Waals surface area contributed by atoms with E-state index in [0.29, 0.717) is 0 Å². The molecule has 0 unspecified atom stereocenters. The quantitative estimate of drug-likeness (QED) is 0.718. The van der Waals surface area contributed by atoms with E-state index in [4.69, 9.17) is 9.72 Å². The zero-order valence-electron chi connectivity index (χ0n) is 15.8. The Bertz CT molecular complexity index is 739. The Morgan fingerprint density at radius 3 is 2.74 bits per heavy atom. The van der Waals surface area contributed by atoms with Crippen molar-refractivity contribution >= 4 is 16.5 Å². The summed E-state index contributed by atoms with van der Waals surface area (Å²) in [5, 5.41) is 6.55. The number of halogens is 1. The maximum atomic E-state index is 14.6. The van der Waals surface area contributed by atoms with Gasteiger partial charge in [0, 0.05) is 30.4 Å². The van der Waals surface area contributed by atoms with E-state index < -0.39 is 0 Å². The molecule has 1 saturated carbocycles. The van der Waals surface area contributed by atoms with Gasteiger partial charge < -0.3 is 10.1 Å². The van der Waals surface area contributed by atoms with E-state index in [1.165, 1.54) is 0 Å². The van der Waals surface area contributed by atoms with Crippen LogP contribution in [-0.2, 0) is 10.2 Å². The van der Waals surface area contributed by atoms with Crippen LogP contribution in [0.5, 0.6) is 0 Å². The average molecular weight is 390 g/mol. The van der Waals surface area contributed by atoms with Crippen LogP contribution in [-0.4, -0.2) is 49.3 Å². The fourth-order valence-corrected chi connectivity index (χ4v) is 5.23. The van der Waals surface area contributed by atoms with E-state index in [9.17, 15) is 4.39 Å². The maximum Gasteiger partial charge on any atom is 0.182 e. The van der Waals surface area contributed by atoms with Crippen molar-refractivity contribution in [1.82, 2.24) is 9.88 Å². The first kappa shape index (κ1) is 18.8. The van der Waals surface area contributed by atoms with Gasteiger partial charge in [-0.2, -0.15) is 0 Å². The third-order valence-electron chi connectivity index (χ3n) is 5.87. The van der Waals surface area contributed by atoms with Crippen LogP contribution in [0.3, 0.4) is 0 Å². The van der Waals surface area contributed by atoms with Crippen LogP contribution in [0.25, 0.3) is 0 Å². The third-order valence-corrected chi connectivity index (χ3v) is 6.67. The normalized spacial score (nSPS) is 20.0. The predicted molar refractivity (Wildman–Crippen MR) is 108 cm³/mol. The van der Waals surface area contributed by atoms with Gasteiger partial charge in [-0.3, -0.25) is 4.90 Å². The number of hydrogen-bond acceptors (Lipinski definition) is 5. The molecule has 2 aromatic rings. The van der Waals surface area contributed by atoms with Gasteiger partial charge in [0.15, 0.2) is 5.13 Å². The zero-order chi connectivity index (χ0) is 18.5. The van der Waals surface area contributed by atoms with Crippen molar-refractivity contribution in [2.24, 2.45) is 0 Å². The number of aromatic nitrogens is 1. The van der Waals surface area contributed by atoms with Crippen LogP contribution in [0, 0.1) is 5.82 Å². The van der Waals surface area contributed by atoms with Gasteiger partial charge in [-0.05, 0) is 37.4 Å². The summed E-state index contributed by atoms with van der Waals surface area (Å²) in [4.78, 5) is 7.32. The fraction of sp³-hybridized carbons (Fsp3) is 0.571. The molecule has 0 spiro atoms. The second kappa shape index (κ2) is 8.67. The minimum atomic E-state index is -0.254. The number of morpholine rings is 1. The lowest BCUT2D eigenvalue weighted by Gasteiger charge is -2.28. The molecule has 1 N–H and O–H groups in total. The van der Waals surface area contributed by atoms with Gasteiger partial charge in [-0.25, -0.2) is 9.37 Å². The van der Waals surface area contributed by atoms with Crippen molar-refractivity contribution in [2.75, 3.05) is 44.7 Å². The highest BCUT2D eigenvalue weighted by Gasteiger charge is 2.41. The topological polar surface area (TPSA) is 37.4 Å². The van der Waals surface area contributed by atoms with Crippen LogP contribution in [0.1, 0.15) is 43.4 Å². The monoisotopic (exact) mass is 389 g/mol. The number of ether oxygens (including phenoxy) is 1. The summed E-state index contributed by atoms with van der Waals surface area (Å²) in [5.74, 6) is -0.104. The van der Waals surface area contributed by atoms with Gasteiger partial charge in [0.1, 0.15) is 5.82 Å². The predicted octanol–water partition coefficient (Wildman–Crippen LogP) is 4.28. The molecule has 2 fully saturated rings. The molecule has 0 bridgehead atoms. The van der Waals surface area contributed by atoms with E-state index >= 15 is 0 Å². The molecule has 2 heterocycles. The minimum absolute atomic E-state index is 0.104. The lowest BCUT2D eigenvalue weighted by atomic mass is 9.76. The first-order valence-electron chi connectivity index (χ1n) is 10.0. The highest BCUT2D eigenvalue weighted by molar-refractivity contribution is 7.13. The van der Waals surface area contributed by atoms with Crippen molar-refractivity contribution in [3.05, 3.63) is 46.7 Å². The molecule has 1 aliphatic heterocycles.